The first kappa shape index (κ1) is 14.7. The Bertz CT molecular complexity index is 582. The van der Waals surface area contributed by atoms with Crippen LogP contribution in [0.1, 0.15) is 12.8 Å². The van der Waals surface area contributed by atoms with Crippen molar-refractivity contribution in [2.24, 2.45) is 5.92 Å². The zero-order valence-corrected chi connectivity index (χ0v) is 12.4. The molecule has 6 heteroatoms. The Morgan fingerprint density at radius 1 is 1.45 bits per heavy atom. The van der Waals surface area contributed by atoms with Crippen molar-refractivity contribution >= 4 is 33.4 Å². The van der Waals surface area contributed by atoms with Gasteiger partial charge < -0.3 is 10.1 Å². The van der Waals surface area contributed by atoms with E-state index in [9.17, 15) is 14.0 Å². The van der Waals surface area contributed by atoms with Crippen LogP contribution in [0.25, 0.3) is 0 Å². The monoisotopic (exact) mass is 341 g/mol. The maximum atomic E-state index is 13.4. The van der Waals surface area contributed by atoms with Crippen molar-refractivity contribution in [1.82, 2.24) is 0 Å². The summed E-state index contributed by atoms with van der Waals surface area (Å²) in [4.78, 5) is 23.6. The number of hydrogen-bond donors (Lipinski definition) is 1. The molecule has 0 atom stereocenters. The lowest BCUT2D eigenvalue weighted by Crippen LogP contribution is -2.17. The van der Waals surface area contributed by atoms with Crippen molar-refractivity contribution in [2.45, 2.75) is 12.8 Å². The third-order valence-corrected chi connectivity index (χ3v) is 3.56. The van der Waals surface area contributed by atoms with Crippen LogP contribution in [-0.4, -0.2) is 18.9 Å². The van der Waals surface area contributed by atoms with E-state index in [1.165, 1.54) is 25.4 Å². The molecule has 0 amide bonds. The number of carbonyl (C=O) groups is 2. The molecule has 0 heterocycles. The van der Waals surface area contributed by atoms with Crippen molar-refractivity contribution in [3.63, 3.8) is 0 Å². The highest BCUT2D eigenvalue weighted by Crippen LogP contribution is 2.32. The van der Waals surface area contributed by atoms with Gasteiger partial charge in [0.2, 0.25) is 0 Å². The molecule has 2 rings (SSSR count). The number of ether oxygens (including phenoxy) is 1. The second-order valence-electron chi connectivity index (χ2n) is 4.46. The number of methoxy groups -OCH3 is 1. The van der Waals surface area contributed by atoms with Gasteiger partial charge in [0.25, 0.3) is 0 Å². The van der Waals surface area contributed by atoms with E-state index in [2.05, 4.69) is 26.0 Å². The van der Waals surface area contributed by atoms with Crippen molar-refractivity contribution in [3.05, 3.63) is 40.3 Å². The first-order valence-electron chi connectivity index (χ1n) is 6.07. The second kappa shape index (κ2) is 6.17. The average Bonchev–Trinajstić information content (AvgIpc) is 3.26. The summed E-state index contributed by atoms with van der Waals surface area (Å²) < 4.78 is 18.3. The average molecular weight is 342 g/mol. The number of hydrogen-bond acceptors (Lipinski definition) is 4. The van der Waals surface area contributed by atoms with Crippen LogP contribution in [0.4, 0.5) is 10.1 Å². The van der Waals surface area contributed by atoms with Gasteiger partial charge in [-0.2, -0.15) is 0 Å². The number of ketones is 1. The lowest BCUT2D eigenvalue weighted by Gasteiger charge is -2.06. The summed E-state index contributed by atoms with van der Waals surface area (Å²) in [7, 11) is 1.22. The molecule has 1 N–H and O–H groups in total. The molecule has 1 aromatic rings. The molecule has 106 valence electrons. The number of rotatable bonds is 5. The van der Waals surface area contributed by atoms with Gasteiger partial charge in [-0.1, -0.05) is 0 Å². The lowest BCUT2D eigenvalue weighted by molar-refractivity contribution is -0.138. The number of Topliss-reactive ketones (excluding diaryl/α,β-unsaturated/α-hetero) is 1. The summed E-state index contributed by atoms with van der Waals surface area (Å²) in [5.74, 6) is -1.45. The van der Waals surface area contributed by atoms with Gasteiger partial charge >= 0.3 is 5.97 Å². The van der Waals surface area contributed by atoms with Gasteiger partial charge in [0.15, 0.2) is 5.78 Å². The molecule has 0 aliphatic heterocycles. The lowest BCUT2D eigenvalue weighted by atomic mass is 10.1. The van der Waals surface area contributed by atoms with E-state index in [0.717, 1.165) is 12.8 Å². The molecule has 1 aromatic carbocycles. The molecule has 1 saturated carbocycles. The number of anilines is 1. The Hall–Kier alpha value is -1.69. The first-order chi connectivity index (χ1) is 9.52. The highest BCUT2D eigenvalue weighted by atomic mass is 79.9. The van der Waals surface area contributed by atoms with E-state index in [0.29, 0.717) is 10.2 Å². The van der Waals surface area contributed by atoms with E-state index in [1.54, 1.807) is 6.07 Å². The summed E-state index contributed by atoms with van der Waals surface area (Å²) in [5, 5.41) is 2.75. The first-order valence-corrected chi connectivity index (χ1v) is 6.86. The fourth-order valence-electron chi connectivity index (χ4n) is 1.65. The summed E-state index contributed by atoms with van der Waals surface area (Å²) in [5.41, 5.74) is 0.397. The minimum Gasteiger partial charge on any atom is -0.465 e. The van der Waals surface area contributed by atoms with E-state index >= 15 is 0 Å². The Morgan fingerprint density at radius 3 is 2.70 bits per heavy atom. The third kappa shape index (κ3) is 3.45. The fourth-order valence-corrected chi connectivity index (χ4v) is 1.89. The van der Waals surface area contributed by atoms with Gasteiger partial charge in [0, 0.05) is 17.8 Å². The maximum Gasteiger partial charge on any atom is 0.343 e. The molecular formula is C14H13BrFNO3. The number of esters is 1. The van der Waals surface area contributed by atoms with Gasteiger partial charge in [0.05, 0.1) is 11.6 Å². The highest BCUT2D eigenvalue weighted by Gasteiger charge is 2.34. The quantitative estimate of drug-likeness (QED) is 0.387. The largest absolute Gasteiger partial charge is 0.465 e. The maximum absolute atomic E-state index is 13.4. The van der Waals surface area contributed by atoms with E-state index < -0.39 is 11.8 Å². The number of nitrogens with one attached hydrogen (secondary N) is 1. The Labute approximate surface area is 124 Å². The topological polar surface area (TPSA) is 55.4 Å². The molecule has 0 radical (unpaired) electrons. The molecular weight excluding hydrogens is 329 g/mol. The zero-order chi connectivity index (χ0) is 14.7. The van der Waals surface area contributed by atoms with E-state index in [4.69, 9.17) is 0 Å². The minimum atomic E-state index is -0.688. The highest BCUT2D eigenvalue weighted by molar-refractivity contribution is 9.10. The molecule has 1 aliphatic carbocycles. The molecule has 0 spiro atoms. The van der Waals surface area contributed by atoms with Crippen LogP contribution in [0.2, 0.25) is 0 Å². The summed E-state index contributed by atoms with van der Waals surface area (Å²) in [6, 6.07) is 4.42. The van der Waals surface area contributed by atoms with Crippen molar-refractivity contribution in [1.29, 1.82) is 0 Å². The fraction of sp³-hybridized carbons (Fsp3) is 0.286. The number of halogens is 2. The van der Waals surface area contributed by atoms with Gasteiger partial charge in [-0.05, 0) is 47.0 Å². The molecule has 20 heavy (non-hydrogen) atoms. The third-order valence-electron chi connectivity index (χ3n) is 2.92. The summed E-state index contributed by atoms with van der Waals surface area (Å²) in [6.45, 7) is 0. The van der Waals surface area contributed by atoms with Crippen LogP contribution >= 0.6 is 15.9 Å². The molecule has 0 saturated heterocycles. The standard InChI is InChI=1S/C14H13BrFNO3/c1-20-14(19)10(13(18)8-2-3-8)7-17-9-4-5-11(15)12(16)6-9/h4-8,17H,2-3H2,1H3. The molecule has 1 aliphatic rings. The van der Waals surface area contributed by atoms with Crippen LogP contribution in [0.5, 0.6) is 0 Å². The summed E-state index contributed by atoms with van der Waals surface area (Å²) in [6.07, 6.45) is 2.86. The molecule has 1 fully saturated rings. The number of carbonyl (C=O) groups excluding carboxylic acids is 2. The molecule has 0 bridgehead atoms. The Morgan fingerprint density at radius 2 is 2.15 bits per heavy atom. The molecule has 0 unspecified atom stereocenters. The van der Waals surface area contributed by atoms with Crippen molar-refractivity contribution < 1.29 is 18.7 Å². The van der Waals surface area contributed by atoms with Crippen LogP contribution in [-0.2, 0) is 14.3 Å². The molecule has 0 aromatic heterocycles. The van der Waals surface area contributed by atoms with Crippen LogP contribution < -0.4 is 5.32 Å². The summed E-state index contributed by atoms with van der Waals surface area (Å²) >= 11 is 3.05. The second-order valence-corrected chi connectivity index (χ2v) is 5.32. The zero-order valence-electron chi connectivity index (χ0n) is 10.8. The van der Waals surface area contributed by atoms with Gasteiger partial charge in [-0.15, -0.1) is 0 Å². The van der Waals surface area contributed by atoms with Gasteiger partial charge in [-0.25, -0.2) is 9.18 Å². The molecule has 4 nitrogen and oxygen atoms in total. The SMILES string of the molecule is COC(=O)C(=CNc1ccc(Br)c(F)c1)C(=O)C1CC1. The van der Waals surface area contributed by atoms with Crippen molar-refractivity contribution in [2.75, 3.05) is 12.4 Å². The minimum absolute atomic E-state index is 0.0432. The van der Waals surface area contributed by atoms with E-state index in [1.807, 2.05) is 0 Å². The van der Waals surface area contributed by atoms with Crippen molar-refractivity contribution in [3.8, 4) is 0 Å². The Balaban J connectivity index is 2.17. The predicted molar refractivity (Wildman–Crippen MR) is 75.6 cm³/mol. The van der Waals surface area contributed by atoms with Gasteiger partial charge in [-0.3, -0.25) is 4.79 Å². The number of benzene rings is 1. The Kier molecular flexibility index (Phi) is 4.54. The van der Waals surface area contributed by atoms with Crippen LogP contribution in [0, 0.1) is 11.7 Å². The smallest absolute Gasteiger partial charge is 0.343 e. The normalized spacial score (nSPS) is 14.8. The van der Waals surface area contributed by atoms with Crippen LogP contribution in [0.15, 0.2) is 34.4 Å². The van der Waals surface area contributed by atoms with Crippen LogP contribution in [0.3, 0.4) is 0 Å². The predicted octanol–water partition coefficient (Wildman–Crippen LogP) is 3.04. The van der Waals surface area contributed by atoms with E-state index in [-0.39, 0.29) is 17.3 Å². The van der Waals surface area contributed by atoms with Gasteiger partial charge in [0.1, 0.15) is 11.4 Å².